The van der Waals surface area contributed by atoms with Gasteiger partial charge in [-0.05, 0) is 37.0 Å². The number of aliphatic carboxylic acids is 1. The highest BCUT2D eigenvalue weighted by Crippen LogP contribution is 2.44. The van der Waals surface area contributed by atoms with Gasteiger partial charge in [-0.1, -0.05) is 13.3 Å². The number of benzene rings is 1. The fourth-order valence-electron chi connectivity index (χ4n) is 6.18. The number of carboxylic acid groups (broad SMARTS) is 1. The van der Waals surface area contributed by atoms with Crippen molar-refractivity contribution in [3.8, 4) is 11.5 Å². The maximum Gasteiger partial charge on any atom is 0.326 e. The smallest absolute Gasteiger partial charge is 0.326 e. The monoisotopic (exact) mass is 590 g/mol. The summed E-state index contributed by atoms with van der Waals surface area (Å²) in [7, 11) is 1.43. The molecule has 3 N–H and O–H groups in total. The number of hydrogen-bond acceptors (Lipinski definition) is 9. The summed E-state index contributed by atoms with van der Waals surface area (Å²) < 4.78 is 11.1. The van der Waals surface area contributed by atoms with Gasteiger partial charge in [0.25, 0.3) is 0 Å². The number of imide groups is 1. The Hall–Kier alpha value is -3.42. The minimum absolute atomic E-state index is 0.00428. The summed E-state index contributed by atoms with van der Waals surface area (Å²) in [5.74, 6) is -1.99. The fourth-order valence-corrected chi connectivity index (χ4v) is 6.18. The number of carbonyl (C=O) groups is 4. The highest BCUT2D eigenvalue weighted by Gasteiger charge is 2.48. The summed E-state index contributed by atoms with van der Waals surface area (Å²) in [5, 5.41) is 29.8. The largest absolute Gasteiger partial charge is 0.481 e. The van der Waals surface area contributed by atoms with Crippen molar-refractivity contribution in [2.75, 3.05) is 59.7 Å². The minimum Gasteiger partial charge on any atom is -0.481 e. The molecule has 0 spiro atoms. The van der Waals surface area contributed by atoms with Crippen molar-refractivity contribution in [2.24, 2.45) is 5.92 Å². The van der Waals surface area contributed by atoms with E-state index >= 15 is 0 Å². The van der Waals surface area contributed by atoms with E-state index in [1.807, 2.05) is 11.8 Å². The lowest BCUT2D eigenvalue weighted by molar-refractivity contribution is -0.144. The zero-order valence-corrected chi connectivity index (χ0v) is 24.4. The van der Waals surface area contributed by atoms with E-state index in [-0.39, 0.29) is 70.8 Å². The second-order valence-corrected chi connectivity index (χ2v) is 11.1. The van der Waals surface area contributed by atoms with Crippen LogP contribution in [0, 0.1) is 5.92 Å². The Morgan fingerprint density at radius 2 is 1.88 bits per heavy atom. The van der Waals surface area contributed by atoms with E-state index in [1.165, 1.54) is 7.05 Å². The number of urea groups is 1. The van der Waals surface area contributed by atoms with Crippen LogP contribution in [-0.4, -0.2) is 124 Å². The number of ether oxygens (including phenoxy) is 2. The molecular formula is C29H42N4O9. The van der Waals surface area contributed by atoms with E-state index in [0.717, 1.165) is 17.7 Å². The van der Waals surface area contributed by atoms with E-state index in [2.05, 4.69) is 0 Å². The van der Waals surface area contributed by atoms with Crippen LogP contribution in [0.2, 0.25) is 0 Å². The van der Waals surface area contributed by atoms with Crippen LogP contribution in [-0.2, 0) is 21.0 Å². The van der Waals surface area contributed by atoms with E-state index in [9.17, 15) is 34.5 Å². The number of amides is 4. The lowest BCUT2D eigenvalue weighted by Gasteiger charge is -2.34. The van der Waals surface area contributed by atoms with Crippen LogP contribution in [0.1, 0.15) is 56.1 Å². The van der Waals surface area contributed by atoms with Gasteiger partial charge in [0.15, 0.2) is 11.5 Å². The molecule has 13 nitrogen and oxygen atoms in total. The van der Waals surface area contributed by atoms with Crippen molar-refractivity contribution in [2.45, 2.75) is 57.6 Å². The maximum atomic E-state index is 13.5. The average Bonchev–Trinajstić information content (AvgIpc) is 3.60. The van der Waals surface area contributed by atoms with Crippen LogP contribution in [0.5, 0.6) is 11.5 Å². The SMILES string of the molecule is CCCCN(CCCO)C(=O)CN1C[C@H](c2cc(CO)c3c(c2)OCO3)[C@@H](C(=O)O)[C@@H]1CCN1CCC(=O)N(C)C1=O. The van der Waals surface area contributed by atoms with Crippen LogP contribution in [0.3, 0.4) is 0 Å². The van der Waals surface area contributed by atoms with Crippen LogP contribution < -0.4 is 9.47 Å². The number of likely N-dealkylation sites (tertiary alicyclic amines) is 1. The fraction of sp³-hybridized carbons (Fsp3) is 0.655. The molecule has 232 valence electrons. The Labute approximate surface area is 245 Å². The summed E-state index contributed by atoms with van der Waals surface area (Å²) in [6, 6.07) is 2.48. The predicted octanol–water partition coefficient (Wildman–Crippen LogP) is 1.06. The van der Waals surface area contributed by atoms with E-state index in [4.69, 9.17) is 9.47 Å². The molecule has 2 fully saturated rings. The summed E-state index contributed by atoms with van der Waals surface area (Å²) in [5.41, 5.74) is 1.16. The molecule has 1 aromatic rings. The molecule has 3 aliphatic rings. The number of aliphatic hydroxyl groups is 2. The normalized spacial score (nSPS) is 22.2. The van der Waals surface area contributed by atoms with Crippen molar-refractivity contribution in [1.82, 2.24) is 19.6 Å². The zero-order chi connectivity index (χ0) is 30.4. The van der Waals surface area contributed by atoms with Gasteiger partial charge >= 0.3 is 12.0 Å². The highest BCUT2D eigenvalue weighted by atomic mass is 16.7. The number of unbranched alkanes of at least 4 members (excludes halogenated alkanes) is 1. The van der Waals surface area contributed by atoms with E-state index in [0.29, 0.717) is 42.1 Å². The molecule has 13 heteroatoms. The second kappa shape index (κ2) is 14.2. The number of aliphatic hydroxyl groups excluding tert-OH is 2. The number of carbonyl (C=O) groups excluding carboxylic acids is 3. The molecule has 2 saturated heterocycles. The number of fused-ring (bicyclic) bond motifs is 1. The first-order chi connectivity index (χ1) is 20.2. The van der Waals surface area contributed by atoms with E-state index < -0.39 is 29.9 Å². The number of hydrogen-bond donors (Lipinski definition) is 3. The Morgan fingerprint density at radius 1 is 1.12 bits per heavy atom. The van der Waals surface area contributed by atoms with Crippen molar-refractivity contribution < 1.29 is 44.0 Å². The molecule has 4 rings (SSSR count). The standard InChI is InChI=1S/C29H42N4O9/c1-3-4-8-31(9-5-12-34)25(37)16-33-15-21(19-13-20(17-35)27-23(14-19)41-18-42-27)26(28(38)39)22(33)6-10-32-11-7-24(36)30(2)29(32)40/h13-14,21-22,26,34-35H,3-12,15-18H2,1-2H3,(H,38,39)/t21-,22+,26-/m1/s1. The maximum absolute atomic E-state index is 13.5. The Morgan fingerprint density at radius 3 is 2.57 bits per heavy atom. The third kappa shape index (κ3) is 6.79. The zero-order valence-electron chi connectivity index (χ0n) is 24.4. The van der Waals surface area contributed by atoms with Crippen molar-refractivity contribution in [1.29, 1.82) is 0 Å². The van der Waals surface area contributed by atoms with Gasteiger partial charge < -0.3 is 34.6 Å². The molecule has 3 heterocycles. The molecular weight excluding hydrogens is 548 g/mol. The summed E-state index contributed by atoms with van der Waals surface area (Å²) in [6.07, 6.45) is 2.64. The summed E-state index contributed by atoms with van der Waals surface area (Å²) >= 11 is 0. The van der Waals surface area contributed by atoms with Gasteiger partial charge in [0.2, 0.25) is 18.6 Å². The number of rotatable bonds is 14. The minimum atomic E-state index is -1.02. The Bertz CT molecular complexity index is 1150. The molecule has 4 amide bonds. The van der Waals surface area contributed by atoms with Crippen molar-refractivity contribution >= 4 is 23.8 Å². The second-order valence-electron chi connectivity index (χ2n) is 11.1. The third-order valence-electron chi connectivity index (χ3n) is 8.48. The van der Waals surface area contributed by atoms with Gasteiger partial charge in [-0.2, -0.15) is 0 Å². The van der Waals surface area contributed by atoms with Gasteiger partial charge in [0.05, 0.1) is 19.1 Å². The Kier molecular flexibility index (Phi) is 10.6. The van der Waals surface area contributed by atoms with Gasteiger partial charge in [-0.3, -0.25) is 24.2 Å². The molecule has 0 saturated carbocycles. The lowest BCUT2D eigenvalue weighted by atomic mass is 9.83. The van der Waals surface area contributed by atoms with Crippen molar-refractivity contribution in [3.05, 3.63) is 23.3 Å². The molecule has 3 aliphatic heterocycles. The topological polar surface area (TPSA) is 160 Å². The van der Waals surface area contributed by atoms with E-state index in [1.54, 1.807) is 21.9 Å². The number of nitrogens with zero attached hydrogens (tertiary/aromatic N) is 4. The van der Waals surface area contributed by atoms with Crippen LogP contribution >= 0.6 is 0 Å². The Balaban J connectivity index is 1.63. The lowest BCUT2D eigenvalue weighted by Crippen LogP contribution is -2.52. The molecule has 0 aliphatic carbocycles. The molecule has 42 heavy (non-hydrogen) atoms. The van der Waals surface area contributed by atoms with Gasteiger partial charge in [-0.15, -0.1) is 0 Å². The molecule has 0 radical (unpaired) electrons. The molecule has 0 aromatic heterocycles. The first kappa shape index (κ1) is 31.5. The predicted molar refractivity (Wildman–Crippen MR) is 150 cm³/mol. The molecule has 1 aromatic carbocycles. The highest BCUT2D eigenvalue weighted by molar-refractivity contribution is 5.96. The average molecular weight is 591 g/mol. The quantitative estimate of drug-likeness (QED) is 0.286. The van der Waals surface area contributed by atoms with Gasteiger partial charge in [0.1, 0.15) is 0 Å². The number of carboxylic acids is 1. The third-order valence-corrected chi connectivity index (χ3v) is 8.48. The van der Waals surface area contributed by atoms with Crippen molar-refractivity contribution in [3.63, 3.8) is 0 Å². The molecule has 3 atom stereocenters. The van der Waals surface area contributed by atoms with Crippen LogP contribution in [0.25, 0.3) is 0 Å². The first-order valence-corrected chi connectivity index (χ1v) is 14.6. The summed E-state index contributed by atoms with van der Waals surface area (Å²) in [4.78, 5) is 57.3. The first-order valence-electron chi connectivity index (χ1n) is 14.6. The van der Waals surface area contributed by atoms with Crippen LogP contribution in [0.4, 0.5) is 4.79 Å². The van der Waals surface area contributed by atoms with Gasteiger partial charge in [-0.25, -0.2) is 4.79 Å². The summed E-state index contributed by atoms with van der Waals surface area (Å²) in [6.45, 7) is 3.39. The molecule has 0 bridgehead atoms. The van der Waals surface area contributed by atoms with Crippen LogP contribution in [0.15, 0.2) is 12.1 Å². The molecule has 0 unspecified atom stereocenters. The van der Waals surface area contributed by atoms with Gasteiger partial charge in [0, 0.05) is 70.3 Å².